The molecular formula is C13H8ClN5S2. The van der Waals surface area contributed by atoms with Gasteiger partial charge in [-0.25, -0.2) is 4.98 Å². The van der Waals surface area contributed by atoms with E-state index in [1.807, 2.05) is 35.2 Å². The highest BCUT2D eigenvalue weighted by molar-refractivity contribution is 7.99. The van der Waals surface area contributed by atoms with Crippen LogP contribution in [0.2, 0.25) is 5.02 Å². The van der Waals surface area contributed by atoms with Gasteiger partial charge in [0.1, 0.15) is 11.1 Å². The highest BCUT2D eigenvalue weighted by atomic mass is 35.5. The summed E-state index contributed by atoms with van der Waals surface area (Å²) in [5, 5.41) is 21.0. The first kappa shape index (κ1) is 14.1. The van der Waals surface area contributed by atoms with E-state index < -0.39 is 0 Å². The van der Waals surface area contributed by atoms with Crippen LogP contribution in [0.5, 0.6) is 0 Å². The van der Waals surface area contributed by atoms with Gasteiger partial charge >= 0.3 is 0 Å². The molecule has 0 aromatic carbocycles. The number of hydrogen-bond donors (Lipinski definition) is 0. The molecule has 0 aliphatic heterocycles. The predicted molar refractivity (Wildman–Crippen MR) is 82.4 cm³/mol. The number of nitrogens with zero attached hydrogens (tertiary/aromatic N) is 5. The van der Waals surface area contributed by atoms with E-state index in [0.717, 1.165) is 10.7 Å². The lowest BCUT2D eigenvalue weighted by atomic mass is 10.4. The van der Waals surface area contributed by atoms with Gasteiger partial charge in [-0.2, -0.15) is 5.26 Å². The van der Waals surface area contributed by atoms with Crippen LogP contribution in [0.25, 0.3) is 10.7 Å². The zero-order valence-electron chi connectivity index (χ0n) is 10.8. The quantitative estimate of drug-likeness (QED) is 0.732. The first-order chi connectivity index (χ1) is 10.2. The first-order valence-electron chi connectivity index (χ1n) is 5.87. The average molecular weight is 334 g/mol. The largest absolute Gasteiger partial charge is 0.304 e. The van der Waals surface area contributed by atoms with E-state index in [2.05, 4.69) is 15.2 Å². The second-order valence-corrected chi connectivity index (χ2v) is 6.38. The van der Waals surface area contributed by atoms with Crippen LogP contribution in [0, 0.1) is 11.3 Å². The van der Waals surface area contributed by atoms with Crippen molar-refractivity contribution < 1.29 is 0 Å². The van der Waals surface area contributed by atoms with Crippen molar-refractivity contribution in [2.45, 2.75) is 10.2 Å². The number of hydrogen-bond acceptors (Lipinski definition) is 6. The van der Waals surface area contributed by atoms with E-state index in [9.17, 15) is 0 Å². The highest BCUT2D eigenvalue weighted by Gasteiger charge is 2.14. The first-order valence-corrected chi connectivity index (χ1v) is 7.94. The molecule has 3 aromatic rings. The summed E-state index contributed by atoms with van der Waals surface area (Å²) in [5.74, 6) is 0.807. The van der Waals surface area contributed by atoms with Crippen LogP contribution in [-0.4, -0.2) is 19.7 Å². The van der Waals surface area contributed by atoms with E-state index in [0.29, 0.717) is 15.2 Å². The van der Waals surface area contributed by atoms with Crippen LogP contribution in [0.3, 0.4) is 0 Å². The van der Waals surface area contributed by atoms with Crippen molar-refractivity contribution in [2.75, 3.05) is 0 Å². The summed E-state index contributed by atoms with van der Waals surface area (Å²) in [4.78, 5) is 5.24. The van der Waals surface area contributed by atoms with E-state index in [4.69, 9.17) is 16.9 Å². The Morgan fingerprint density at radius 3 is 2.90 bits per heavy atom. The molecule has 0 N–H and O–H groups in total. The summed E-state index contributed by atoms with van der Waals surface area (Å²) in [6.07, 6.45) is 0. The average Bonchev–Trinajstić information content (AvgIpc) is 3.12. The molecule has 0 aliphatic carbocycles. The van der Waals surface area contributed by atoms with Crippen LogP contribution in [0.1, 0.15) is 5.69 Å². The Morgan fingerprint density at radius 1 is 1.33 bits per heavy atom. The van der Waals surface area contributed by atoms with Crippen LogP contribution in [0.15, 0.2) is 39.8 Å². The maximum absolute atomic E-state index is 8.95. The van der Waals surface area contributed by atoms with Crippen LogP contribution >= 0.6 is 34.7 Å². The molecule has 3 aromatic heterocycles. The molecule has 104 valence electrons. The molecular weight excluding hydrogens is 326 g/mol. The standard InChI is InChI=1S/C13H8ClN5S2/c1-19-12(10-3-2-6-20-10)17-18-13(19)21-11-5-4-8(14)9(7-15)16-11/h2-6H,1H3. The fourth-order valence-electron chi connectivity index (χ4n) is 1.68. The van der Waals surface area contributed by atoms with E-state index >= 15 is 0 Å². The Morgan fingerprint density at radius 2 is 2.19 bits per heavy atom. The highest BCUT2D eigenvalue weighted by Crippen LogP contribution is 2.30. The van der Waals surface area contributed by atoms with Crippen molar-refractivity contribution in [3.63, 3.8) is 0 Å². The van der Waals surface area contributed by atoms with E-state index in [1.54, 1.807) is 23.5 Å². The minimum atomic E-state index is 0.210. The Labute approximate surface area is 134 Å². The lowest BCUT2D eigenvalue weighted by molar-refractivity contribution is 0.793. The van der Waals surface area contributed by atoms with Gasteiger partial charge < -0.3 is 4.57 Å². The van der Waals surface area contributed by atoms with Gasteiger partial charge in [0.25, 0.3) is 0 Å². The van der Waals surface area contributed by atoms with Gasteiger partial charge in [-0.15, -0.1) is 21.5 Å². The molecule has 0 saturated heterocycles. The van der Waals surface area contributed by atoms with Gasteiger partial charge in [0.05, 0.1) is 9.90 Å². The van der Waals surface area contributed by atoms with E-state index in [-0.39, 0.29) is 5.69 Å². The number of pyridine rings is 1. The minimum Gasteiger partial charge on any atom is -0.304 e. The molecule has 0 unspecified atom stereocenters. The van der Waals surface area contributed by atoms with Crippen LogP contribution in [0.4, 0.5) is 0 Å². The summed E-state index contributed by atoms with van der Waals surface area (Å²) in [7, 11) is 1.90. The molecule has 3 rings (SSSR count). The number of halogens is 1. The lowest BCUT2D eigenvalue weighted by Crippen LogP contribution is -1.94. The van der Waals surface area contributed by atoms with Crippen molar-refractivity contribution in [2.24, 2.45) is 7.05 Å². The van der Waals surface area contributed by atoms with Crippen molar-refractivity contribution >= 4 is 34.7 Å². The zero-order valence-corrected chi connectivity index (χ0v) is 13.2. The second kappa shape index (κ2) is 5.85. The van der Waals surface area contributed by atoms with Crippen LogP contribution < -0.4 is 0 Å². The van der Waals surface area contributed by atoms with Crippen LogP contribution in [-0.2, 0) is 7.05 Å². The molecule has 0 fully saturated rings. The fourth-order valence-corrected chi connectivity index (χ4v) is 3.33. The van der Waals surface area contributed by atoms with Gasteiger partial charge in [0, 0.05) is 7.05 Å². The summed E-state index contributed by atoms with van der Waals surface area (Å²) in [5.41, 5.74) is 0.210. The Kier molecular flexibility index (Phi) is 3.92. The molecule has 0 bridgehead atoms. The van der Waals surface area contributed by atoms with E-state index in [1.165, 1.54) is 11.8 Å². The monoisotopic (exact) mass is 333 g/mol. The molecule has 0 spiro atoms. The minimum absolute atomic E-state index is 0.210. The summed E-state index contributed by atoms with van der Waals surface area (Å²) in [6, 6.07) is 9.35. The maximum Gasteiger partial charge on any atom is 0.197 e. The molecule has 0 amide bonds. The number of nitriles is 1. The SMILES string of the molecule is Cn1c(Sc2ccc(Cl)c(C#N)n2)nnc1-c1cccs1. The molecule has 0 radical (unpaired) electrons. The number of thiophene rings is 1. The third-order valence-corrected chi connectivity index (χ3v) is 4.84. The van der Waals surface area contributed by atoms with Gasteiger partial charge in [-0.3, -0.25) is 0 Å². The number of aromatic nitrogens is 4. The zero-order chi connectivity index (χ0) is 14.8. The van der Waals surface area contributed by atoms with Gasteiger partial charge in [0.15, 0.2) is 16.7 Å². The van der Waals surface area contributed by atoms with Crippen molar-refractivity contribution in [3.05, 3.63) is 40.4 Å². The molecule has 8 heteroatoms. The Balaban J connectivity index is 1.91. The lowest BCUT2D eigenvalue weighted by Gasteiger charge is -2.03. The van der Waals surface area contributed by atoms with Gasteiger partial charge in [-0.05, 0) is 35.3 Å². The Bertz CT molecular complexity index is 820. The fraction of sp³-hybridized carbons (Fsp3) is 0.0769. The van der Waals surface area contributed by atoms with Crippen molar-refractivity contribution in [1.82, 2.24) is 19.7 Å². The second-order valence-electron chi connectivity index (χ2n) is 4.04. The number of rotatable bonds is 3. The molecule has 5 nitrogen and oxygen atoms in total. The third-order valence-electron chi connectivity index (χ3n) is 2.70. The molecule has 0 saturated carbocycles. The molecule has 3 heterocycles. The smallest absolute Gasteiger partial charge is 0.197 e. The molecule has 0 aliphatic rings. The summed E-state index contributed by atoms with van der Waals surface area (Å²) < 4.78 is 1.90. The maximum atomic E-state index is 8.95. The summed E-state index contributed by atoms with van der Waals surface area (Å²) >= 11 is 8.83. The third kappa shape index (κ3) is 2.78. The Hall–Kier alpha value is -1.88. The topological polar surface area (TPSA) is 67.4 Å². The summed E-state index contributed by atoms with van der Waals surface area (Å²) in [6.45, 7) is 0. The normalized spacial score (nSPS) is 10.5. The van der Waals surface area contributed by atoms with Gasteiger partial charge in [-0.1, -0.05) is 17.7 Å². The molecule has 21 heavy (non-hydrogen) atoms. The van der Waals surface area contributed by atoms with Crippen molar-refractivity contribution in [3.8, 4) is 16.8 Å². The van der Waals surface area contributed by atoms with Gasteiger partial charge in [0.2, 0.25) is 0 Å². The predicted octanol–water partition coefficient (Wildman–Crippen LogP) is 3.61. The van der Waals surface area contributed by atoms with Crippen molar-refractivity contribution in [1.29, 1.82) is 5.26 Å². The molecule has 0 atom stereocenters.